The number of benzene rings is 1. The van der Waals surface area contributed by atoms with Gasteiger partial charge in [0.1, 0.15) is 5.75 Å². The molecule has 1 aliphatic rings. The summed E-state index contributed by atoms with van der Waals surface area (Å²) in [5.41, 5.74) is 0. The van der Waals surface area contributed by atoms with Crippen molar-refractivity contribution in [1.29, 1.82) is 0 Å². The molecule has 0 heterocycles. The molecule has 1 aromatic rings. The van der Waals surface area contributed by atoms with Crippen molar-refractivity contribution >= 4 is 17.5 Å². The average molecular weight is 312 g/mol. The summed E-state index contributed by atoms with van der Waals surface area (Å²) in [7, 11) is 0. The van der Waals surface area contributed by atoms with E-state index in [2.05, 4.69) is 5.32 Å². The minimum absolute atomic E-state index is 0.0220. The number of aliphatic hydroxyl groups is 1. The summed E-state index contributed by atoms with van der Waals surface area (Å²) in [5, 5.41) is 13.2. The van der Waals surface area contributed by atoms with E-state index in [0.29, 0.717) is 31.0 Å². The van der Waals surface area contributed by atoms with Crippen molar-refractivity contribution in [2.75, 3.05) is 13.2 Å². The molecule has 2 atom stereocenters. The van der Waals surface area contributed by atoms with Crippen LogP contribution in [0.15, 0.2) is 24.3 Å². The van der Waals surface area contributed by atoms with Crippen molar-refractivity contribution in [3.8, 4) is 5.75 Å². The molecule has 0 aliphatic heterocycles. The third-order valence-electron chi connectivity index (χ3n) is 3.81. The van der Waals surface area contributed by atoms with Gasteiger partial charge in [0, 0.05) is 23.9 Å². The third kappa shape index (κ3) is 5.56. The van der Waals surface area contributed by atoms with Crippen LogP contribution in [0.3, 0.4) is 0 Å². The number of carbonyl (C=O) groups excluding carboxylic acids is 1. The number of halogens is 1. The van der Waals surface area contributed by atoms with Crippen LogP contribution in [0, 0.1) is 5.92 Å². The zero-order valence-corrected chi connectivity index (χ0v) is 12.8. The summed E-state index contributed by atoms with van der Waals surface area (Å²) in [5.74, 6) is 1.00. The lowest BCUT2D eigenvalue weighted by Gasteiger charge is -2.15. The molecule has 2 N–H and O–H groups in total. The fourth-order valence-corrected chi connectivity index (χ4v) is 2.67. The minimum Gasteiger partial charge on any atom is -0.494 e. The predicted octanol–water partition coefficient (Wildman–Crippen LogP) is 2.78. The maximum absolute atomic E-state index is 11.7. The number of hydrogen-bond acceptors (Lipinski definition) is 3. The molecular weight excluding hydrogens is 290 g/mol. The van der Waals surface area contributed by atoms with E-state index < -0.39 is 0 Å². The molecule has 1 aromatic carbocycles. The second-order valence-electron chi connectivity index (χ2n) is 5.47. The Morgan fingerprint density at radius 1 is 1.33 bits per heavy atom. The molecule has 0 aromatic heterocycles. The predicted molar refractivity (Wildman–Crippen MR) is 82.5 cm³/mol. The second-order valence-corrected chi connectivity index (χ2v) is 5.90. The van der Waals surface area contributed by atoms with Gasteiger partial charge in [0.15, 0.2) is 0 Å². The summed E-state index contributed by atoms with van der Waals surface area (Å²) in [6.45, 7) is 1.08. The molecule has 0 radical (unpaired) electrons. The highest BCUT2D eigenvalue weighted by Crippen LogP contribution is 2.24. The highest BCUT2D eigenvalue weighted by Gasteiger charge is 2.25. The number of ether oxygens (including phenoxy) is 1. The summed E-state index contributed by atoms with van der Waals surface area (Å²) in [6, 6.07) is 7.17. The summed E-state index contributed by atoms with van der Waals surface area (Å²) >= 11 is 5.79. The molecule has 1 aliphatic carbocycles. The Balaban J connectivity index is 1.55. The number of rotatable bonds is 7. The Morgan fingerprint density at radius 2 is 2.10 bits per heavy atom. The van der Waals surface area contributed by atoms with Crippen LogP contribution in [0.1, 0.15) is 32.1 Å². The standard InChI is InChI=1S/C16H22ClNO3/c17-13-6-8-14(9-7-13)21-10-2-5-16(20)18-11-12-3-1-4-15(12)19/h6-9,12,15,19H,1-5,10-11H2,(H,18,20). The molecule has 4 nitrogen and oxygen atoms in total. The van der Waals surface area contributed by atoms with Gasteiger partial charge in [-0.3, -0.25) is 4.79 Å². The molecule has 21 heavy (non-hydrogen) atoms. The van der Waals surface area contributed by atoms with Crippen molar-refractivity contribution < 1.29 is 14.6 Å². The SMILES string of the molecule is O=C(CCCOc1ccc(Cl)cc1)NCC1CCCC1O. The van der Waals surface area contributed by atoms with E-state index in [9.17, 15) is 9.90 Å². The Morgan fingerprint density at radius 3 is 2.76 bits per heavy atom. The van der Waals surface area contributed by atoms with Crippen molar-refractivity contribution in [3.63, 3.8) is 0 Å². The van der Waals surface area contributed by atoms with E-state index in [-0.39, 0.29) is 17.9 Å². The lowest BCUT2D eigenvalue weighted by atomic mass is 10.1. The van der Waals surface area contributed by atoms with Gasteiger partial charge in [-0.25, -0.2) is 0 Å². The third-order valence-corrected chi connectivity index (χ3v) is 4.06. The van der Waals surface area contributed by atoms with Gasteiger partial charge < -0.3 is 15.2 Å². The van der Waals surface area contributed by atoms with Gasteiger partial charge in [0.25, 0.3) is 0 Å². The first-order valence-electron chi connectivity index (χ1n) is 7.48. The largest absolute Gasteiger partial charge is 0.494 e. The zero-order chi connectivity index (χ0) is 15.1. The molecule has 0 saturated heterocycles. The van der Waals surface area contributed by atoms with Gasteiger partial charge in [-0.2, -0.15) is 0 Å². The molecule has 1 saturated carbocycles. The molecular formula is C16H22ClNO3. The van der Waals surface area contributed by atoms with Crippen molar-refractivity contribution in [2.24, 2.45) is 5.92 Å². The van der Waals surface area contributed by atoms with Gasteiger partial charge in [-0.1, -0.05) is 18.0 Å². The van der Waals surface area contributed by atoms with E-state index in [4.69, 9.17) is 16.3 Å². The first-order valence-corrected chi connectivity index (χ1v) is 7.86. The molecule has 116 valence electrons. The van der Waals surface area contributed by atoms with Crippen LogP contribution in [0.5, 0.6) is 5.75 Å². The van der Waals surface area contributed by atoms with Crippen LogP contribution in [0.2, 0.25) is 5.02 Å². The summed E-state index contributed by atoms with van der Waals surface area (Å²) < 4.78 is 5.53. The van der Waals surface area contributed by atoms with Crippen LogP contribution in [0.25, 0.3) is 0 Å². The van der Waals surface area contributed by atoms with E-state index in [0.717, 1.165) is 25.0 Å². The van der Waals surface area contributed by atoms with Gasteiger partial charge in [-0.05, 0) is 43.5 Å². The first kappa shape index (κ1) is 16.1. The summed E-state index contributed by atoms with van der Waals surface area (Å²) in [6.07, 6.45) is 3.77. The van der Waals surface area contributed by atoms with Crippen molar-refractivity contribution in [1.82, 2.24) is 5.32 Å². The van der Waals surface area contributed by atoms with Crippen LogP contribution < -0.4 is 10.1 Å². The molecule has 1 amide bonds. The zero-order valence-electron chi connectivity index (χ0n) is 12.1. The van der Waals surface area contributed by atoms with Gasteiger partial charge in [0.2, 0.25) is 5.91 Å². The number of aliphatic hydroxyl groups excluding tert-OH is 1. The fourth-order valence-electron chi connectivity index (χ4n) is 2.54. The normalized spacial score (nSPS) is 21.2. The first-order chi connectivity index (χ1) is 10.1. The molecule has 0 bridgehead atoms. The van der Waals surface area contributed by atoms with Crippen LogP contribution >= 0.6 is 11.6 Å². The number of hydrogen-bond donors (Lipinski definition) is 2. The number of amides is 1. The Hall–Kier alpha value is -1.26. The maximum Gasteiger partial charge on any atom is 0.220 e. The fraction of sp³-hybridized carbons (Fsp3) is 0.562. The average Bonchev–Trinajstić information content (AvgIpc) is 2.89. The van der Waals surface area contributed by atoms with E-state index in [1.54, 1.807) is 12.1 Å². The van der Waals surface area contributed by atoms with Gasteiger partial charge in [-0.15, -0.1) is 0 Å². The number of carbonyl (C=O) groups is 1. The van der Waals surface area contributed by atoms with Crippen molar-refractivity contribution in [2.45, 2.75) is 38.2 Å². The van der Waals surface area contributed by atoms with E-state index >= 15 is 0 Å². The molecule has 2 rings (SSSR count). The molecule has 0 spiro atoms. The minimum atomic E-state index is -0.251. The highest BCUT2D eigenvalue weighted by atomic mass is 35.5. The monoisotopic (exact) mass is 311 g/mol. The maximum atomic E-state index is 11.7. The Bertz CT molecular complexity index is 449. The van der Waals surface area contributed by atoms with Crippen molar-refractivity contribution in [3.05, 3.63) is 29.3 Å². The summed E-state index contributed by atoms with van der Waals surface area (Å²) in [4.78, 5) is 11.7. The molecule has 2 unspecified atom stereocenters. The van der Waals surface area contributed by atoms with Gasteiger partial charge in [0.05, 0.1) is 12.7 Å². The van der Waals surface area contributed by atoms with Crippen LogP contribution in [-0.2, 0) is 4.79 Å². The highest BCUT2D eigenvalue weighted by molar-refractivity contribution is 6.30. The Kier molecular flexibility index (Phi) is 6.33. The van der Waals surface area contributed by atoms with E-state index in [1.165, 1.54) is 0 Å². The number of nitrogens with one attached hydrogen (secondary N) is 1. The molecule has 5 heteroatoms. The topological polar surface area (TPSA) is 58.6 Å². The lowest BCUT2D eigenvalue weighted by molar-refractivity contribution is -0.121. The molecule has 1 fully saturated rings. The van der Waals surface area contributed by atoms with Crippen LogP contribution in [0.4, 0.5) is 0 Å². The van der Waals surface area contributed by atoms with E-state index in [1.807, 2.05) is 12.1 Å². The van der Waals surface area contributed by atoms with Crippen LogP contribution in [-0.4, -0.2) is 30.3 Å². The Labute approximate surface area is 130 Å². The quantitative estimate of drug-likeness (QED) is 0.761. The smallest absolute Gasteiger partial charge is 0.220 e. The second kappa shape index (κ2) is 8.25. The van der Waals surface area contributed by atoms with Gasteiger partial charge >= 0.3 is 0 Å². The lowest BCUT2D eigenvalue weighted by Crippen LogP contribution is -2.32.